The SMILES string of the molecule is O=S(=O)(O)OCCOCOC1CC=CCC1. The van der Waals surface area contributed by atoms with Gasteiger partial charge in [0, 0.05) is 0 Å². The Morgan fingerprint density at radius 2 is 2.12 bits per heavy atom. The summed E-state index contributed by atoms with van der Waals surface area (Å²) in [5.74, 6) is 0. The van der Waals surface area contributed by atoms with Crippen molar-refractivity contribution in [2.75, 3.05) is 20.0 Å². The molecule has 7 heteroatoms. The third-order valence-corrected chi connectivity index (χ3v) is 2.53. The third kappa shape index (κ3) is 6.91. The molecule has 1 rings (SSSR count). The van der Waals surface area contributed by atoms with Gasteiger partial charge in [-0.1, -0.05) is 12.2 Å². The van der Waals surface area contributed by atoms with E-state index in [0.717, 1.165) is 19.3 Å². The highest BCUT2D eigenvalue weighted by molar-refractivity contribution is 7.80. The normalized spacial score (nSPS) is 21.2. The smallest absolute Gasteiger partial charge is 0.353 e. The molecule has 0 aromatic heterocycles. The molecule has 1 atom stereocenters. The van der Waals surface area contributed by atoms with E-state index in [4.69, 9.17) is 14.0 Å². The first kappa shape index (κ1) is 13.6. The van der Waals surface area contributed by atoms with Crippen molar-refractivity contribution in [3.8, 4) is 0 Å². The molecule has 94 valence electrons. The molecule has 1 aliphatic carbocycles. The highest BCUT2D eigenvalue weighted by Crippen LogP contribution is 2.13. The van der Waals surface area contributed by atoms with Crippen molar-refractivity contribution >= 4 is 10.4 Å². The minimum absolute atomic E-state index is 0.0579. The maximum Gasteiger partial charge on any atom is 0.397 e. The van der Waals surface area contributed by atoms with Crippen LogP contribution in [0.25, 0.3) is 0 Å². The Kier molecular flexibility index (Phi) is 5.93. The predicted octanol–water partition coefficient (Wildman–Crippen LogP) is 0.905. The van der Waals surface area contributed by atoms with Crippen LogP contribution in [0, 0.1) is 0 Å². The van der Waals surface area contributed by atoms with Crippen molar-refractivity contribution in [1.82, 2.24) is 0 Å². The second-order valence-corrected chi connectivity index (χ2v) is 4.44. The Hall–Kier alpha value is -0.470. The molecule has 6 nitrogen and oxygen atoms in total. The Morgan fingerprint density at radius 3 is 2.75 bits per heavy atom. The first-order chi connectivity index (χ1) is 7.58. The molecule has 16 heavy (non-hydrogen) atoms. The van der Waals surface area contributed by atoms with E-state index in [-0.39, 0.29) is 26.1 Å². The lowest BCUT2D eigenvalue weighted by Gasteiger charge is -2.18. The van der Waals surface area contributed by atoms with Crippen molar-refractivity contribution in [2.24, 2.45) is 0 Å². The highest BCUT2D eigenvalue weighted by Gasteiger charge is 2.09. The highest BCUT2D eigenvalue weighted by atomic mass is 32.3. The van der Waals surface area contributed by atoms with Crippen molar-refractivity contribution < 1.29 is 26.6 Å². The van der Waals surface area contributed by atoms with Crippen molar-refractivity contribution in [1.29, 1.82) is 0 Å². The standard InChI is InChI=1S/C9H16O6S/c10-16(11,12)15-7-6-13-8-14-9-4-2-1-3-5-9/h1-2,9H,3-8H2,(H,10,11,12). The van der Waals surface area contributed by atoms with E-state index >= 15 is 0 Å². The zero-order valence-corrected chi connectivity index (χ0v) is 9.69. The van der Waals surface area contributed by atoms with Crippen molar-refractivity contribution in [2.45, 2.75) is 25.4 Å². The van der Waals surface area contributed by atoms with Gasteiger partial charge in [-0.05, 0) is 19.3 Å². The summed E-state index contributed by atoms with van der Waals surface area (Å²) in [6, 6.07) is 0. The summed E-state index contributed by atoms with van der Waals surface area (Å²) in [5, 5.41) is 0. The second-order valence-electron chi connectivity index (χ2n) is 3.35. The fourth-order valence-corrected chi connectivity index (χ4v) is 1.60. The average molecular weight is 252 g/mol. The molecule has 1 aliphatic rings. The van der Waals surface area contributed by atoms with E-state index in [9.17, 15) is 8.42 Å². The molecule has 1 N–H and O–H groups in total. The molecular formula is C9H16O6S. The first-order valence-electron chi connectivity index (χ1n) is 5.04. The van der Waals surface area contributed by atoms with E-state index in [1.165, 1.54) is 0 Å². The molecule has 0 saturated carbocycles. The Labute approximate surface area is 95.1 Å². The molecule has 0 radical (unpaired) electrons. The average Bonchev–Trinajstić information content (AvgIpc) is 2.23. The summed E-state index contributed by atoms with van der Waals surface area (Å²) in [6.07, 6.45) is 7.21. The lowest BCUT2D eigenvalue weighted by atomic mass is 10.1. The van der Waals surface area contributed by atoms with Crippen molar-refractivity contribution in [3.63, 3.8) is 0 Å². The Morgan fingerprint density at radius 1 is 1.31 bits per heavy atom. The lowest BCUT2D eigenvalue weighted by molar-refractivity contribution is -0.0955. The van der Waals surface area contributed by atoms with E-state index < -0.39 is 10.4 Å². The summed E-state index contributed by atoms with van der Waals surface area (Å²) < 4.78 is 43.0. The Bertz CT molecular complexity index is 310. The zero-order valence-electron chi connectivity index (χ0n) is 8.87. The van der Waals surface area contributed by atoms with Gasteiger partial charge in [0.05, 0.1) is 19.3 Å². The minimum atomic E-state index is -4.36. The van der Waals surface area contributed by atoms with E-state index in [1.54, 1.807) is 0 Å². The second kappa shape index (κ2) is 6.97. The van der Waals surface area contributed by atoms with Crippen molar-refractivity contribution in [3.05, 3.63) is 12.2 Å². The van der Waals surface area contributed by atoms with Gasteiger partial charge in [-0.15, -0.1) is 0 Å². The van der Waals surface area contributed by atoms with Gasteiger partial charge >= 0.3 is 10.4 Å². The monoisotopic (exact) mass is 252 g/mol. The summed E-state index contributed by atoms with van der Waals surface area (Å²) in [7, 11) is -4.36. The molecule has 0 amide bonds. The number of hydrogen-bond donors (Lipinski definition) is 1. The van der Waals surface area contributed by atoms with Crippen LogP contribution in [0.1, 0.15) is 19.3 Å². The molecule has 0 fully saturated rings. The largest absolute Gasteiger partial charge is 0.397 e. The Balaban J connectivity index is 1.94. The molecular weight excluding hydrogens is 236 g/mol. The van der Waals surface area contributed by atoms with E-state index in [1.807, 2.05) is 0 Å². The summed E-state index contributed by atoms with van der Waals surface area (Å²) >= 11 is 0. The maximum absolute atomic E-state index is 10.2. The maximum atomic E-state index is 10.2. The lowest BCUT2D eigenvalue weighted by Crippen LogP contribution is -2.18. The fourth-order valence-electron chi connectivity index (χ4n) is 1.32. The number of allylic oxidation sites excluding steroid dienone is 1. The van der Waals surface area contributed by atoms with Crippen LogP contribution >= 0.6 is 0 Å². The molecule has 0 aromatic rings. The zero-order chi connectivity index (χ0) is 11.9. The van der Waals surface area contributed by atoms with Gasteiger partial charge in [-0.3, -0.25) is 4.55 Å². The van der Waals surface area contributed by atoms with Gasteiger partial charge in [0.2, 0.25) is 0 Å². The van der Waals surface area contributed by atoms with Gasteiger partial charge in [0.25, 0.3) is 0 Å². The quantitative estimate of drug-likeness (QED) is 0.314. The van der Waals surface area contributed by atoms with Gasteiger partial charge in [0.15, 0.2) is 0 Å². The number of ether oxygens (including phenoxy) is 2. The third-order valence-electron chi connectivity index (χ3n) is 2.07. The number of rotatable bonds is 7. The topological polar surface area (TPSA) is 82.1 Å². The van der Waals surface area contributed by atoms with E-state index in [0.29, 0.717) is 0 Å². The van der Waals surface area contributed by atoms with Crippen LogP contribution in [-0.4, -0.2) is 39.1 Å². The molecule has 0 spiro atoms. The molecule has 0 aliphatic heterocycles. The van der Waals surface area contributed by atoms with Gasteiger partial charge in [-0.25, -0.2) is 4.18 Å². The summed E-state index contributed by atoms with van der Waals surface area (Å²) in [5.41, 5.74) is 0. The molecule has 0 bridgehead atoms. The van der Waals surface area contributed by atoms with Crippen LogP contribution in [-0.2, 0) is 24.1 Å². The van der Waals surface area contributed by atoms with Crippen LogP contribution in [0.3, 0.4) is 0 Å². The molecule has 0 heterocycles. The van der Waals surface area contributed by atoms with Gasteiger partial charge in [-0.2, -0.15) is 8.42 Å². The molecule has 0 aromatic carbocycles. The van der Waals surface area contributed by atoms with E-state index in [2.05, 4.69) is 16.3 Å². The number of hydrogen-bond acceptors (Lipinski definition) is 5. The van der Waals surface area contributed by atoms with Crippen LogP contribution < -0.4 is 0 Å². The molecule has 1 unspecified atom stereocenters. The molecule has 0 saturated heterocycles. The summed E-state index contributed by atoms with van der Waals surface area (Å²) in [4.78, 5) is 0. The van der Waals surface area contributed by atoms with Crippen LogP contribution in [0.15, 0.2) is 12.2 Å². The fraction of sp³-hybridized carbons (Fsp3) is 0.778. The van der Waals surface area contributed by atoms with Gasteiger partial charge in [0.1, 0.15) is 6.79 Å². The first-order valence-corrected chi connectivity index (χ1v) is 6.40. The summed E-state index contributed by atoms with van der Waals surface area (Å²) in [6.45, 7) is -0.0531. The minimum Gasteiger partial charge on any atom is -0.353 e. The van der Waals surface area contributed by atoms with Crippen LogP contribution in [0.4, 0.5) is 0 Å². The van der Waals surface area contributed by atoms with Gasteiger partial charge < -0.3 is 9.47 Å². The predicted molar refractivity (Wildman–Crippen MR) is 56.2 cm³/mol. The van der Waals surface area contributed by atoms with Crippen LogP contribution in [0.2, 0.25) is 0 Å². The van der Waals surface area contributed by atoms with Crippen LogP contribution in [0.5, 0.6) is 0 Å².